The Kier molecular flexibility index (Phi) is 4.06. The third-order valence-electron chi connectivity index (χ3n) is 2.85. The molecule has 0 unspecified atom stereocenters. The van der Waals surface area contributed by atoms with Gasteiger partial charge < -0.3 is 9.64 Å². The van der Waals surface area contributed by atoms with E-state index in [0.717, 1.165) is 26.2 Å². The number of hydrogen-bond donors (Lipinski definition) is 0. The maximum absolute atomic E-state index is 11.6. The van der Waals surface area contributed by atoms with Crippen molar-refractivity contribution >= 4 is 5.97 Å². The fourth-order valence-electron chi connectivity index (χ4n) is 1.68. The molecule has 0 N–H and O–H groups in total. The minimum atomic E-state index is -0.357. The first kappa shape index (κ1) is 12.0. The van der Waals surface area contributed by atoms with E-state index in [1.165, 1.54) is 0 Å². The van der Waals surface area contributed by atoms with E-state index >= 15 is 0 Å². The van der Waals surface area contributed by atoms with Crippen molar-refractivity contribution < 1.29 is 9.53 Å². The van der Waals surface area contributed by atoms with Crippen molar-refractivity contribution in [2.24, 2.45) is 0 Å². The fourth-order valence-corrected chi connectivity index (χ4v) is 1.68. The Morgan fingerprint density at radius 1 is 1.35 bits per heavy atom. The molecule has 5 nitrogen and oxygen atoms in total. The van der Waals surface area contributed by atoms with Gasteiger partial charge in [0, 0.05) is 32.4 Å². The molecule has 1 aromatic rings. The van der Waals surface area contributed by atoms with E-state index in [0.29, 0.717) is 12.4 Å². The lowest BCUT2D eigenvalue weighted by molar-refractivity contribution is 0.00963. The van der Waals surface area contributed by atoms with Crippen molar-refractivity contribution in [2.75, 3.05) is 40.0 Å². The van der Waals surface area contributed by atoms with Gasteiger partial charge in [-0.15, -0.1) is 0 Å². The molecule has 92 valence electrons. The number of carbonyl (C=O) groups excluding carboxylic acids is 1. The summed E-state index contributed by atoms with van der Waals surface area (Å²) in [6.45, 7) is 4.25. The Morgan fingerprint density at radius 2 is 2.12 bits per heavy atom. The number of rotatable bonds is 3. The summed E-state index contributed by atoms with van der Waals surface area (Å²) in [7, 11) is 2.09. The van der Waals surface area contributed by atoms with E-state index in [1.54, 1.807) is 24.4 Å². The molecule has 0 bridgehead atoms. The Morgan fingerprint density at radius 3 is 2.76 bits per heavy atom. The number of carbonyl (C=O) groups is 1. The zero-order valence-electron chi connectivity index (χ0n) is 10.0. The maximum Gasteiger partial charge on any atom is 0.358 e. The third-order valence-corrected chi connectivity index (χ3v) is 2.85. The monoisotopic (exact) mass is 235 g/mol. The first-order chi connectivity index (χ1) is 8.25. The molecule has 0 saturated carbocycles. The van der Waals surface area contributed by atoms with Crippen molar-refractivity contribution in [3.8, 4) is 0 Å². The number of ether oxygens (including phenoxy) is 1. The van der Waals surface area contributed by atoms with Crippen LogP contribution in [0.5, 0.6) is 0 Å². The maximum atomic E-state index is 11.6. The van der Waals surface area contributed by atoms with Crippen molar-refractivity contribution in [3.63, 3.8) is 0 Å². The largest absolute Gasteiger partial charge is 0.445 e. The van der Waals surface area contributed by atoms with E-state index in [-0.39, 0.29) is 5.97 Å². The molecule has 0 aliphatic carbocycles. The standard InChI is InChI=1S/C12H17N3O2/c1-14-6-8-15(9-7-14)10-17-12(16)11-4-2-3-5-13-11/h2-5H,6-10H2,1H3. The molecule has 1 fully saturated rings. The van der Waals surface area contributed by atoms with Crippen LogP contribution in [-0.2, 0) is 4.74 Å². The van der Waals surface area contributed by atoms with Crippen LogP contribution in [0.2, 0.25) is 0 Å². The van der Waals surface area contributed by atoms with Crippen LogP contribution in [-0.4, -0.2) is 60.7 Å². The van der Waals surface area contributed by atoms with Crippen molar-refractivity contribution in [2.45, 2.75) is 0 Å². The Labute approximate surface area is 101 Å². The number of aromatic nitrogens is 1. The lowest BCUT2D eigenvalue weighted by atomic mass is 10.3. The van der Waals surface area contributed by atoms with Crippen LogP contribution in [0.4, 0.5) is 0 Å². The molecule has 1 aliphatic rings. The van der Waals surface area contributed by atoms with Crippen LogP contribution in [0.1, 0.15) is 10.5 Å². The molecule has 1 aliphatic heterocycles. The molecule has 1 saturated heterocycles. The number of piperazine rings is 1. The molecular weight excluding hydrogens is 218 g/mol. The molecule has 17 heavy (non-hydrogen) atoms. The first-order valence-electron chi connectivity index (χ1n) is 5.75. The predicted octanol–water partition coefficient (Wildman–Crippen LogP) is 0.443. The molecule has 2 rings (SSSR count). The van der Waals surface area contributed by atoms with Crippen LogP contribution >= 0.6 is 0 Å². The molecule has 1 aromatic heterocycles. The normalized spacial score (nSPS) is 17.9. The number of likely N-dealkylation sites (N-methyl/N-ethyl adjacent to an activating group) is 1. The Balaban J connectivity index is 1.77. The quantitative estimate of drug-likeness (QED) is 0.712. The summed E-state index contributed by atoms with van der Waals surface area (Å²) in [4.78, 5) is 20.0. The van der Waals surface area contributed by atoms with Crippen LogP contribution < -0.4 is 0 Å². The van der Waals surface area contributed by atoms with Gasteiger partial charge in [0.25, 0.3) is 0 Å². The Bertz CT molecular complexity index is 361. The van der Waals surface area contributed by atoms with Crippen LogP contribution in [0.15, 0.2) is 24.4 Å². The van der Waals surface area contributed by atoms with Gasteiger partial charge in [-0.3, -0.25) is 4.90 Å². The number of nitrogens with zero attached hydrogens (tertiary/aromatic N) is 3. The van der Waals surface area contributed by atoms with E-state index in [4.69, 9.17) is 4.74 Å². The van der Waals surface area contributed by atoms with Gasteiger partial charge in [-0.25, -0.2) is 9.78 Å². The minimum absolute atomic E-state index is 0.350. The predicted molar refractivity (Wildman–Crippen MR) is 63.6 cm³/mol. The van der Waals surface area contributed by atoms with Gasteiger partial charge in [0.2, 0.25) is 0 Å². The zero-order valence-corrected chi connectivity index (χ0v) is 10.0. The number of pyridine rings is 1. The second kappa shape index (κ2) is 5.75. The second-order valence-corrected chi connectivity index (χ2v) is 4.20. The summed E-state index contributed by atoms with van der Waals surface area (Å²) in [5.41, 5.74) is 0.363. The van der Waals surface area contributed by atoms with Gasteiger partial charge >= 0.3 is 5.97 Å². The van der Waals surface area contributed by atoms with Crippen LogP contribution in [0, 0.1) is 0 Å². The lowest BCUT2D eigenvalue weighted by Gasteiger charge is -2.31. The molecule has 0 spiro atoms. The highest BCUT2D eigenvalue weighted by Crippen LogP contribution is 2.01. The van der Waals surface area contributed by atoms with Gasteiger partial charge in [0.15, 0.2) is 0 Å². The molecule has 0 aromatic carbocycles. The second-order valence-electron chi connectivity index (χ2n) is 4.20. The first-order valence-corrected chi connectivity index (χ1v) is 5.75. The van der Waals surface area contributed by atoms with Gasteiger partial charge in [0.05, 0.1) is 0 Å². The van der Waals surface area contributed by atoms with E-state index in [9.17, 15) is 4.79 Å². The van der Waals surface area contributed by atoms with Crippen molar-refractivity contribution in [1.29, 1.82) is 0 Å². The van der Waals surface area contributed by atoms with Crippen LogP contribution in [0.3, 0.4) is 0 Å². The minimum Gasteiger partial charge on any atom is -0.445 e. The molecule has 5 heteroatoms. The van der Waals surface area contributed by atoms with Gasteiger partial charge in [-0.2, -0.15) is 0 Å². The smallest absolute Gasteiger partial charge is 0.358 e. The van der Waals surface area contributed by atoms with Crippen LogP contribution in [0.25, 0.3) is 0 Å². The molecular formula is C12H17N3O2. The van der Waals surface area contributed by atoms with E-state index < -0.39 is 0 Å². The zero-order chi connectivity index (χ0) is 12.1. The molecule has 0 radical (unpaired) electrons. The third kappa shape index (κ3) is 3.51. The highest BCUT2D eigenvalue weighted by atomic mass is 16.5. The number of hydrogen-bond acceptors (Lipinski definition) is 5. The molecule has 2 heterocycles. The fraction of sp³-hybridized carbons (Fsp3) is 0.500. The summed E-state index contributed by atoms with van der Waals surface area (Å²) >= 11 is 0. The summed E-state index contributed by atoms with van der Waals surface area (Å²) in [5.74, 6) is -0.357. The average Bonchev–Trinajstić information content (AvgIpc) is 2.39. The topological polar surface area (TPSA) is 45.7 Å². The van der Waals surface area contributed by atoms with Gasteiger partial charge in [-0.05, 0) is 19.2 Å². The van der Waals surface area contributed by atoms with Gasteiger partial charge in [0.1, 0.15) is 12.4 Å². The summed E-state index contributed by atoms with van der Waals surface area (Å²) in [6.07, 6.45) is 1.59. The Hall–Kier alpha value is -1.46. The number of esters is 1. The van der Waals surface area contributed by atoms with E-state index in [1.807, 2.05) is 0 Å². The summed E-state index contributed by atoms with van der Waals surface area (Å²) < 4.78 is 5.21. The summed E-state index contributed by atoms with van der Waals surface area (Å²) in [6, 6.07) is 5.21. The van der Waals surface area contributed by atoms with Crippen molar-refractivity contribution in [3.05, 3.63) is 30.1 Å². The van der Waals surface area contributed by atoms with Gasteiger partial charge in [-0.1, -0.05) is 6.07 Å². The molecule has 0 amide bonds. The van der Waals surface area contributed by atoms with E-state index in [2.05, 4.69) is 21.8 Å². The highest BCUT2D eigenvalue weighted by Gasteiger charge is 2.15. The average molecular weight is 235 g/mol. The molecule has 0 atom stereocenters. The SMILES string of the molecule is CN1CCN(COC(=O)c2ccccn2)CC1. The summed E-state index contributed by atoms with van der Waals surface area (Å²) in [5, 5.41) is 0. The van der Waals surface area contributed by atoms with Crippen molar-refractivity contribution in [1.82, 2.24) is 14.8 Å². The lowest BCUT2D eigenvalue weighted by Crippen LogP contribution is -2.45. The highest BCUT2D eigenvalue weighted by molar-refractivity contribution is 5.86.